The van der Waals surface area contributed by atoms with Crippen LogP contribution in [0.4, 0.5) is 0 Å². The molecule has 0 spiro atoms. The maximum atomic E-state index is 12.5. The summed E-state index contributed by atoms with van der Waals surface area (Å²) >= 11 is 0. The minimum Gasteiger partial charge on any atom is -0.484 e. The smallest absolute Gasteiger partial charge is 0.261 e. The van der Waals surface area contributed by atoms with Crippen LogP contribution in [0.15, 0.2) is 18.2 Å². The van der Waals surface area contributed by atoms with E-state index in [4.69, 9.17) is 9.47 Å². The summed E-state index contributed by atoms with van der Waals surface area (Å²) in [4.78, 5) is 71.3. The second-order valence-corrected chi connectivity index (χ2v) is 6.79. The molecule has 1 rings (SSSR count). The zero-order valence-electron chi connectivity index (χ0n) is 18.8. The molecule has 0 fully saturated rings. The van der Waals surface area contributed by atoms with Gasteiger partial charge in [-0.3, -0.25) is 19.2 Å². The van der Waals surface area contributed by atoms with Gasteiger partial charge in [-0.15, -0.1) is 0 Å². The van der Waals surface area contributed by atoms with Crippen molar-refractivity contribution in [2.24, 2.45) is 0 Å². The largest absolute Gasteiger partial charge is 0.484 e. The number of benzene rings is 1. The van der Waals surface area contributed by atoms with Crippen LogP contribution in [0.1, 0.15) is 5.56 Å². The molecule has 0 aliphatic heterocycles. The maximum absolute atomic E-state index is 12.5. The quantitative estimate of drug-likeness (QED) is 0.309. The molecule has 0 aliphatic carbocycles. The van der Waals surface area contributed by atoms with Crippen LogP contribution in [0, 0.1) is 6.92 Å². The molecule has 12 heteroatoms. The minimum atomic E-state index is -0.584. The third-order valence-corrected chi connectivity index (χ3v) is 4.27. The molecular formula is C21H28N4O8. The first-order chi connectivity index (χ1) is 15.7. The van der Waals surface area contributed by atoms with Gasteiger partial charge in [-0.2, -0.15) is 0 Å². The van der Waals surface area contributed by atoms with E-state index in [0.29, 0.717) is 18.1 Å². The van der Waals surface area contributed by atoms with E-state index in [-0.39, 0.29) is 37.7 Å². The average molecular weight is 464 g/mol. The number of ether oxygens (including phenoxy) is 2. The number of carbonyl (C=O) groups excluding carboxylic acids is 6. The van der Waals surface area contributed by atoms with Crippen molar-refractivity contribution >= 4 is 36.2 Å². The minimum absolute atomic E-state index is 0.228. The van der Waals surface area contributed by atoms with E-state index in [9.17, 15) is 28.8 Å². The molecule has 0 saturated carbocycles. The number of aryl methyl sites for hydroxylation is 1. The molecule has 33 heavy (non-hydrogen) atoms. The third-order valence-electron chi connectivity index (χ3n) is 4.27. The lowest BCUT2D eigenvalue weighted by Gasteiger charge is -2.21. The predicted molar refractivity (Wildman–Crippen MR) is 116 cm³/mol. The number of rotatable bonds is 14. The first kappa shape index (κ1) is 27.1. The Morgan fingerprint density at radius 3 is 1.61 bits per heavy atom. The zero-order chi connectivity index (χ0) is 24.8. The van der Waals surface area contributed by atoms with Crippen molar-refractivity contribution in [1.29, 1.82) is 0 Å². The Bertz CT molecular complexity index is 846. The van der Waals surface area contributed by atoms with Crippen LogP contribution >= 0.6 is 0 Å². The lowest BCUT2D eigenvalue weighted by molar-refractivity contribution is -0.140. The van der Waals surface area contributed by atoms with Crippen LogP contribution in [0.3, 0.4) is 0 Å². The molecule has 1 aromatic carbocycles. The molecular weight excluding hydrogens is 436 g/mol. The van der Waals surface area contributed by atoms with E-state index in [1.807, 2.05) is 0 Å². The fraction of sp³-hybridized carbons (Fsp3) is 0.429. The summed E-state index contributed by atoms with van der Waals surface area (Å²) in [5, 5.41) is 4.77. The van der Waals surface area contributed by atoms with Crippen LogP contribution < -0.4 is 20.1 Å². The number of aldehydes is 2. The molecule has 0 unspecified atom stereocenters. The summed E-state index contributed by atoms with van der Waals surface area (Å²) in [5.41, 5.74) is 0.715. The predicted octanol–water partition coefficient (Wildman–Crippen LogP) is -1.70. The number of hydrogen-bond acceptors (Lipinski definition) is 8. The number of nitrogens with one attached hydrogen (secondary N) is 2. The van der Waals surface area contributed by atoms with Crippen LogP contribution in [0.25, 0.3) is 0 Å². The molecule has 1 aromatic rings. The van der Waals surface area contributed by atoms with Gasteiger partial charge in [0.1, 0.15) is 37.2 Å². The Morgan fingerprint density at radius 1 is 0.788 bits per heavy atom. The van der Waals surface area contributed by atoms with Crippen LogP contribution in [-0.2, 0) is 28.8 Å². The van der Waals surface area contributed by atoms with Crippen molar-refractivity contribution in [3.63, 3.8) is 0 Å². The Morgan fingerprint density at radius 2 is 1.21 bits per heavy atom. The van der Waals surface area contributed by atoms with Crippen LogP contribution in [0.2, 0.25) is 0 Å². The van der Waals surface area contributed by atoms with Crippen molar-refractivity contribution in [1.82, 2.24) is 20.4 Å². The first-order valence-corrected chi connectivity index (χ1v) is 9.95. The summed E-state index contributed by atoms with van der Waals surface area (Å²) in [7, 11) is 2.83. The summed E-state index contributed by atoms with van der Waals surface area (Å²) in [6.07, 6.45) is 1.02. The monoisotopic (exact) mass is 464 g/mol. The number of likely N-dealkylation sites (N-methyl/N-ethyl adjacent to an activating group) is 2. The molecule has 0 bridgehead atoms. The van der Waals surface area contributed by atoms with Crippen molar-refractivity contribution < 1.29 is 38.2 Å². The summed E-state index contributed by atoms with van der Waals surface area (Å²) < 4.78 is 11.0. The fourth-order valence-corrected chi connectivity index (χ4v) is 2.55. The van der Waals surface area contributed by atoms with E-state index in [0.717, 1.165) is 9.80 Å². The number of carbonyl (C=O) groups is 6. The Balaban J connectivity index is 2.80. The van der Waals surface area contributed by atoms with Crippen molar-refractivity contribution in [3.8, 4) is 11.5 Å². The van der Waals surface area contributed by atoms with E-state index < -0.39 is 36.8 Å². The van der Waals surface area contributed by atoms with Crippen molar-refractivity contribution in [2.45, 2.75) is 6.92 Å². The Labute approximate surface area is 191 Å². The summed E-state index contributed by atoms with van der Waals surface area (Å²) in [6.45, 7) is -0.180. The van der Waals surface area contributed by atoms with Crippen molar-refractivity contribution in [3.05, 3.63) is 23.8 Å². The molecule has 0 radical (unpaired) electrons. The number of hydrogen-bond donors (Lipinski definition) is 2. The number of amides is 4. The SMILES string of the molecule is CNC(=O)CN(CC(=O)NC)C(=O)COc1cc(C)cc(OCC(=O)N(CC=O)CC=O)c1. The van der Waals surface area contributed by atoms with Gasteiger partial charge in [-0.1, -0.05) is 0 Å². The Hall–Kier alpha value is -3.96. The second-order valence-electron chi connectivity index (χ2n) is 6.79. The molecule has 180 valence electrons. The standard InChI is InChI=1S/C21H28N4O8/c1-15-8-16(32-13-20(30)24(4-6-26)5-7-27)10-17(9-15)33-14-21(31)25(11-18(28)22-2)12-19(29)23-3/h6-10H,4-5,11-14H2,1-3H3,(H,22,28)(H,23,29). The molecule has 0 heterocycles. The van der Waals surface area contributed by atoms with Crippen LogP contribution in [0.5, 0.6) is 11.5 Å². The molecule has 0 atom stereocenters. The van der Waals surface area contributed by atoms with E-state index >= 15 is 0 Å². The van der Waals surface area contributed by atoms with Gasteiger partial charge in [0.05, 0.1) is 13.1 Å². The average Bonchev–Trinajstić information content (AvgIpc) is 2.79. The molecule has 0 aliphatic rings. The molecule has 2 N–H and O–H groups in total. The normalized spacial score (nSPS) is 9.91. The van der Waals surface area contributed by atoms with Gasteiger partial charge in [-0.25, -0.2) is 0 Å². The highest BCUT2D eigenvalue weighted by atomic mass is 16.5. The molecule has 0 saturated heterocycles. The third kappa shape index (κ3) is 9.80. The topological polar surface area (TPSA) is 151 Å². The summed E-state index contributed by atoms with van der Waals surface area (Å²) in [6, 6.07) is 4.73. The van der Waals surface area contributed by atoms with Gasteiger partial charge in [-0.05, 0) is 24.6 Å². The highest BCUT2D eigenvalue weighted by molar-refractivity contribution is 5.89. The molecule has 4 amide bonds. The van der Waals surface area contributed by atoms with Gasteiger partial charge in [0.2, 0.25) is 11.8 Å². The van der Waals surface area contributed by atoms with Gasteiger partial charge >= 0.3 is 0 Å². The van der Waals surface area contributed by atoms with Gasteiger partial charge < -0.3 is 39.5 Å². The summed E-state index contributed by atoms with van der Waals surface area (Å²) in [5.74, 6) is -1.48. The first-order valence-electron chi connectivity index (χ1n) is 9.95. The molecule has 0 aromatic heterocycles. The van der Waals surface area contributed by atoms with Crippen LogP contribution in [-0.4, -0.2) is 99.5 Å². The Kier molecular flexibility index (Phi) is 11.6. The van der Waals surface area contributed by atoms with E-state index in [1.165, 1.54) is 20.2 Å². The van der Waals surface area contributed by atoms with E-state index in [2.05, 4.69) is 10.6 Å². The maximum Gasteiger partial charge on any atom is 0.261 e. The fourth-order valence-electron chi connectivity index (χ4n) is 2.55. The highest BCUT2D eigenvalue weighted by Gasteiger charge is 2.20. The lowest BCUT2D eigenvalue weighted by atomic mass is 10.2. The molecule has 12 nitrogen and oxygen atoms in total. The van der Waals surface area contributed by atoms with Crippen molar-refractivity contribution in [2.75, 3.05) is 53.5 Å². The van der Waals surface area contributed by atoms with Gasteiger partial charge in [0.25, 0.3) is 11.8 Å². The lowest BCUT2D eigenvalue weighted by Crippen LogP contribution is -2.46. The highest BCUT2D eigenvalue weighted by Crippen LogP contribution is 2.22. The number of nitrogens with zero attached hydrogens (tertiary/aromatic N) is 2. The second kappa shape index (κ2) is 14.2. The van der Waals surface area contributed by atoms with Gasteiger partial charge in [0, 0.05) is 20.2 Å². The van der Waals surface area contributed by atoms with E-state index in [1.54, 1.807) is 19.1 Å². The zero-order valence-corrected chi connectivity index (χ0v) is 18.8. The van der Waals surface area contributed by atoms with Gasteiger partial charge in [0.15, 0.2) is 13.2 Å².